The number of thiazole rings is 1. The zero-order valence-corrected chi connectivity index (χ0v) is 15.9. The summed E-state index contributed by atoms with van der Waals surface area (Å²) in [6.07, 6.45) is -1.02. The molecule has 0 bridgehead atoms. The van der Waals surface area contributed by atoms with Crippen molar-refractivity contribution in [3.8, 4) is 11.3 Å². The number of rotatable bonds is 5. The number of carbonyl (C=O) groups is 2. The number of nitrogens with two attached hydrogens (primary N) is 1. The molecule has 27 heavy (non-hydrogen) atoms. The maximum atomic E-state index is 12.3. The van der Waals surface area contributed by atoms with Gasteiger partial charge in [-0.15, -0.1) is 11.3 Å². The van der Waals surface area contributed by atoms with Crippen molar-refractivity contribution in [1.29, 1.82) is 0 Å². The van der Waals surface area contributed by atoms with Gasteiger partial charge in [0, 0.05) is 21.7 Å². The third-order valence-electron chi connectivity index (χ3n) is 3.69. The second-order valence-electron chi connectivity index (χ2n) is 5.67. The maximum Gasteiger partial charge on any atom is 0.341 e. The topological polar surface area (TPSA) is 94.3 Å². The van der Waals surface area contributed by atoms with Crippen molar-refractivity contribution in [3.63, 3.8) is 0 Å². The van der Waals surface area contributed by atoms with Crippen LogP contribution >= 0.6 is 22.9 Å². The molecular formula is C19H16ClN3O3S. The summed E-state index contributed by atoms with van der Waals surface area (Å²) in [5.41, 5.74) is 7.81. The van der Waals surface area contributed by atoms with Gasteiger partial charge in [0.2, 0.25) is 0 Å². The van der Waals surface area contributed by atoms with Gasteiger partial charge in [0.1, 0.15) is 0 Å². The van der Waals surface area contributed by atoms with Gasteiger partial charge in [-0.1, -0.05) is 41.9 Å². The first-order valence-electron chi connectivity index (χ1n) is 8.02. The zero-order valence-electron chi connectivity index (χ0n) is 14.3. The van der Waals surface area contributed by atoms with Crippen LogP contribution in [0.2, 0.25) is 5.02 Å². The highest BCUT2D eigenvalue weighted by molar-refractivity contribution is 7.14. The number of amides is 1. The van der Waals surface area contributed by atoms with Crippen LogP contribution < -0.4 is 11.1 Å². The lowest BCUT2D eigenvalue weighted by molar-refractivity contribution is -0.123. The van der Waals surface area contributed by atoms with E-state index in [1.165, 1.54) is 36.5 Å². The van der Waals surface area contributed by atoms with Crippen molar-refractivity contribution in [2.24, 2.45) is 0 Å². The Morgan fingerprint density at radius 2 is 1.96 bits per heavy atom. The van der Waals surface area contributed by atoms with E-state index in [1.807, 2.05) is 35.7 Å². The fraction of sp³-hybridized carbons (Fsp3) is 0.105. The molecule has 6 nitrogen and oxygen atoms in total. The van der Waals surface area contributed by atoms with Crippen LogP contribution in [0.25, 0.3) is 11.3 Å². The van der Waals surface area contributed by atoms with Crippen LogP contribution in [-0.2, 0) is 9.53 Å². The molecule has 1 amide bonds. The predicted octanol–water partition coefficient (Wildman–Crippen LogP) is 4.23. The smallest absolute Gasteiger partial charge is 0.341 e. The summed E-state index contributed by atoms with van der Waals surface area (Å²) in [4.78, 5) is 28.9. The molecule has 3 aromatic rings. The normalized spacial score (nSPS) is 11.6. The number of benzene rings is 2. The Kier molecular flexibility index (Phi) is 5.73. The van der Waals surface area contributed by atoms with Crippen molar-refractivity contribution < 1.29 is 14.3 Å². The Morgan fingerprint density at radius 3 is 2.67 bits per heavy atom. The van der Waals surface area contributed by atoms with Gasteiger partial charge >= 0.3 is 5.97 Å². The summed E-state index contributed by atoms with van der Waals surface area (Å²) >= 11 is 7.10. The molecule has 0 fully saturated rings. The number of hydrogen-bond donors (Lipinski definition) is 2. The second-order valence-corrected chi connectivity index (χ2v) is 6.97. The van der Waals surface area contributed by atoms with Gasteiger partial charge < -0.3 is 10.5 Å². The van der Waals surface area contributed by atoms with E-state index in [-0.39, 0.29) is 11.3 Å². The van der Waals surface area contributed by atoms with E-state index in [1.54, 1.807) is 0 Å². The van der Waals surface area contributed by atoms with E-state index in [9.17, 15) is 9.59 Å². The van der Waals surface area contributed by atoms with Crippen LogP contribution in [0.15, 0.2) is 53.9 Å². The Balaban J connectivity index is 1.62. The number of halogens is 1. The number of nitrogens with one attached hydrogen (secondary N) is 1. The van der Waals surface area contributed by atoms with Crippen LogP contribution in [0, 0.1) is 0 Å². The number of carbonyl (C=O) groups excluding carboxylic acids is 2. The summed E-state index contributed by atoms with van der Waals surface area (Å²) in [5, 5.41) is 5.33. The van der Waals surface area contributed by atoms with Crippen LogP contribution in [0.4, 0.5) is 10.8 Å². The minimum Gasteiger partial charge on any atom is -0.449 e. The fourth-order valence-corrected chi connectivity index (χ4v) is 3.18. The summed E-state index contributed by atoms with van der Waals surface area (Å²) in [6, 6.07) is 14.0. The number of anilines is 2. The molecule has 0 spiro atoms. The van der Waals surface area contributed by atoms with E-state index >= 15 is 0 Å². The Hall–Kier alpha value is -2.90. The van der Waals surface area contributed by atoms with Gasteiger partial charge in [0.15, 0.2) is 11.2 Å². The molecule has 0 unspecified atom stereocenters. The Morgan fingerprint density at radius 1 is 1.22 bits per heavy atom. The summed E-state index contributed by atoms with van der Waals surface area (Å²) in [5.74, 6) is -1.18. The molecule has 0 radical (unpaired) electrons. The summed E-state index contributed by atoms with van der Waals surface area (Å²) < 4.78 is 5.19. The first kappa shape index (κ1) is 18.9. The van der Waals surface area contributed by atoms with Crippen LogP contribution in [0.1, 0.15) is 17.3 Å². The number of hydrogen-bond acceptors (Lipinski definition) is 6. The van der Waals surface area contributed by atoms with Gasteiger partial charge in [-0.2, -0.15) is 0 Å². The van der Waals surface area contributed by atoms with Gasteiger partial charge in [-0.3, -0.25) is 10.1 Å². The number of nitrogens with zero attached hydrogens (tertiary/aromatic N) is 1. The van der Waals surface area contributed by atoms with Crippen LogP contribution in [0.5, 0.6) is 0 Å². The molecule has 3 N–H and O–H groups in total. The molecule has 2 aromatic carbocycles. The lowest BCUT2D eigenvalue weighted by Crippen LogP contribution is -2.30. The fourth-order valence-electron chi connectivity index (χ4n) is 2.28. The summed E-state index contributed by atoms with van der Waals surface area (Å²) in [6.45, 7) is 1.48. The van der Waals surface area contributed by atoms with Crippen molar-refractivity contribution >= 4 is 45.6 Å². The molecular weight excluding hydrogens is 386 g/mol. The predicted molar refractivity (Wildman–Crippen MR) is 107 cm³/mol. The first-order chi connectivity index (χ1) is 12.9. The molecule has 0 saturated heterocycles. The van der Waals surface area contributed by atoms with E-state index in [0.29, 0.717) is 10.2 Å². The highest BCUT2D eigenvalue weighted by atomic mass is 35.5. The lowest BCUT2D eigenvalue weighted by Gasteiger charge is -2.13. The number of nitrogen functional groups attached to an aromatic ring is 1. The Bertz CT molecular complexity index is 975. The van der Waals surface area contributed by atoms with E-state index in [2.05, 4.69) is 10.3 Å². The molecule has 1 heterocycles. The Labute approximate surface area is 164 Å². The average molecular weight is 402 g/mol. The van der Waals surface area contributed by atoms with Crippen molar-refractivity contribution in [3.05, 3.63) is 64.5 Å². The van der Waals surface area contributed by atoms with E-state index in [0.717, 1.165) is 11.3 Å². The van der Waals surface area contributed by atoms with Crippen molar-refractivity contribution in [2.45, 2.75) is 13.0 Å². The lowest BCUT2D eigenvalue weighted by atomic mass is 10.2. The number of aromatic nitrogens is 1. The first-order valence-corrected chi connectivity index (χ1v) is 9.27. The molecule has 1 atom stereocenters. The zero-order chi connectivity index (χ0) is 19.4. The average Bonchev–Trinajstić information content (AvgIpc) is 3.10. The van der Waals surface area contributed by atoms with E-state index in [4.69, 9.17) is 22.1 Å². The quantitative estimate of drug-likeness (QED) is 0.492. The highest BCUT2D eigenvalue weighted by Gasteiger charge is 2.21. The number of ether oxygens (including phenoxy) is 1. The molecule has 0 aliphatic heterocycles. The third kappa shape index (κ3) is 4.64. The third-order valence-corrected chi connectivity index (χ3v) is 4.68. The molecule has 0 aliphatic rings. The molecule has 0 saturated carbocycles. The highest BCUT2D eigenvalue weighted by Crippen LogP contribution is 2.25. The maximum absolute atomic E-state index is 12.3. The second kappa shape index (κ2) is 8.20. The molecule has 138 valence electrons. The van der Waals surface area contributed by atoms with Crippen LogP contribution in [0.3, 0.4) is 0 Å². The molecule has 0 aliphatic carbocycles. The monoisotopic (exact) mass is 401 g/mol. The van der Waals surface area contributed by atoms with E-state index < -0.39 is 18.0 Å². The van der Waals surface area contributed by atoms with Gasteiger partial charge in [0.05, 0.1) is 11.3 Å². The standard InChI is InChI=1S/C19H16ClN3O3S/c1-11(26-18(25)14-8-7-13(20)9-15(14)21)17(24)23-19-22-16(10-27-19)12-5-3-2-4-6-12/h2-11H,21H2,1H3,(H,22,23,24)/t11-/m1/s1. The molecule has 1 aromatic heterocycles. The van der Waals surface area contributed by atoms with Gasteiger partial charge in [0.25, 0.3) is 5.91 Å². The van der Waals surface area contributed by atoms with Crippen molar-refractivity contribution in [1.82, 2.24) is 4.98 Å². The summed E-state index contributed by atoms with van der Waals surface area (Å²) in [7, 11) is 0. The SMILES string of the molecule is C[C@@H](OC(=O)c1ccc(Cl)cc1N)C(=O)Nc1nc(-c2ccccc2)cs1. The minimum atomic E-state index is -1.02. The minimum absolute atomic E-state index is 0.152. The van der Waals surface area contributed by atoms with Crippen molar-refractivity contribution in [2.75, 3.05) is 11.1 Å². The molecule has 8 heteroatoms. The van der Waals surface area contributed by atoms with Crippen LogP contribution in [-0.4, -0.2) is 23.0 Å². The number of esters is 1. The molecule has 3 rings (SSSR count). The largest absolute Gasteiger partial charge is 0.449 e. The van der Waals surface area contributed by atoms with Gasteiger partial charge in [-0.25, -0.2) is 9.78 Å². The van der Waals surface area contributed by atoms with Gasteiger partial charge in [-0.05, 0) is 25.1 Å².